The van der Waals surface area contributed by atoms with E-state index < -0.39 is 5.92 Å². The third kappa shape index (κ3) is 3.43. The molecular formula is C17H13Cl2N5O. The number of nitriles is 1. The number of hydrazone groups is 1. The average Bonchev–Trinajstić information content (AvgIpc) is 2.59. The Kier molecular flexibility index (Phi) is 4.88. The molecule has 1 aromatic heterocycles. The first-order valence-electron chi connectivity index (χ1n) is 7.42. The summed E-state index contributed by atoms with van der Waals surface area (Å²) in [5, 5.41) is 18.4. The molecule has 2 amide bonds. The van der Waals surface area contributed by atoms with Crippen LogP contribution < -0.4 is 10.3 Å². The largest absolute Gasteiger partial charge is 0.342 e. The minimum Gasteiger partial charge on any atom is -0.331 e. The van der Waals surface area contributed by atoms with Crippen molar-refractivity contribution in [3.8, 4) is 6.07 Å². The molecule has 1 aliphatic rings. The second kappa shape index (κ2) is 7.09. The number of amides is 2. The summed E-state index contributed by atoms with van der Waals surface area (Å²) in [5.74, 6) is -0.593. The average molecular weight is 374 g/mol. The number of benzene rings is 1. The van der Waals surface area contributed by atoms with Crippen LogP contribution in [0.5, 0.6) is 0 Å². The normalized spacial score (nSPS) is 14.8. The van der Waals surface area contributed by atoms with Gasteiger partial charge in [-0.05, 0) is 41.8 Å². The van der Waals surface area contributed by atoms with Crippen molar-refractivity contribution in [2.24, 2.45) is 5.10 Å². The van der Waals surface area contributed by atoms with Crippen molar-refractivity contribution >= 4 is 41.1 Å². The molecule has 0 radical (unpaired) electrons. The van der Waals surface area contributed by atoms with E-state index in [1.807, 2.05) is 6.92 Å². The molecule has 0 spiro atoms. The van der Waals surface area contributed by atoms with Crippen LogP contribution in [0.4, 0.5) is 10.5 Å². The molecule has 6 nitrogen and oxygen atoms in total. The number of rotatable bonds is 3. The molecule has 1 aromatic carbocycles. The van der Waals surface area contributed by atoms with Gasteiger partial charge in [-0.15, -0.1) is 0 Å². The summed E-state index contributed by atoms with van der Waals surface area (Å²) < 4.78 is 0. The first-order valence-corrected chi connectivity index (χ1v) is 8.18. The minimum absolute atomic E-state index is 0.329. The zero-order chi connectivity index (χ0) is 18.0. The van der Waals surface area contributed by atoms with E-state index in [-0.39, 0.29) is 6.03 Å². The van der Waals surface area contributed by atoms with Crippen molar-refractivity contribution in [1.82, 2.24) is 10.3 Å². The molecule has 0 saturated heterocycles. The highest BCUT2D eigenvalue weighted by Crippen LogP contribution is 2.36. The molecule has 2 heterocycles. The fourth-order valence-corrected chi connectivity index (χ4v) is 3.14. The summed E-state index contributed by atoms with van der Waals surface area (Å²) in [7, 11) is 0. The van der Waals surface area contributed by atoms with E-state index in [1.165, 1.54) is 5.01 Å². The lowest BCUT2D eigenvalue weighted by molar-refractivity contribution is 0.247. The van der Waals surface area contributed by atoms with Gasteiger partial charge in [0.25, 0.3) is 0 Å². The fraction of sp³-hybridized carbons (Fsp3) is 0.176. The Balaban J connectivity index is 2.04. The Hall–Kier alpha value is -2.62. The van der Waals surface area contributed by atoms with Crippen LogP contribution in [-0.4, -0.2) is 23.8 Å². The third-order valence-electron chi connectivity index (χ3n) is 3.80. The number of anilines is 1. The van der Waals surface area contributed by atoms with E-state index in [0.29, 0.717) is 33.5 Å². The van der Waals surface area contributed by atoms with E-state index in [2.05, 4.69) is 21.5 Å². The molecule has 25 heavy (non-hydrogen) atoms. The smallest absolute Gasteiger partial charge is 0.331 e. The lowest BCUT2D eigenvalue weighted by Gasteiger charge is -2.23. The highest BCUT2D eigenvalue weighted by atomic mass is 35.5. The van der Waals surface area contributed by atoms with Gasteiger partial charge in [0.1, 0.15) is 5.15 Å². The summed E-state index contributed by atoms with van der Waals surface area (Å²) in [5.41, 5.74) is 2.67. The monoisotopic (exact) mass is 373 g/mol. The quantitative estimate of drug-likeness (QED) is 0.829. The summed E-state index contributed by atoms with van der Waals surface area (Å²) in [6, 6.07) is 8.70. The molecule has 0 fully saturated rings. The number of hydrogen-bond donors (Lipinski definition) is 1. The molecule has 0 aliphatic carbocycles. The van der Waals surface area contributed by atoms with Gasteiger partial charge in [0.15, 0.2) is 0 Å². The molecule has 126 valence electrons. The molecule has 1 unspecified atom stereocenters. The van der Waals surface area contributed by atoms with Crippen molar-refractivity contribution in [3.63, 3.8) is 0 Å². The molecule has 1 aliphatic heterocycles. The number of carbonyl (C=O) groups excluding carboxylic acids is 1. The molecular weight excluding hydrogens is 361 g/mol. The second-order valence-electron chi connectivity index (χ2n) is 5.43. The Morgan fingerprint density at radius 3 is 2.76 bits per heavy atom. The molecule has 2 aromatic rings. The highest BCUT2D eigenvalue weighted by Gasteiger charge is 2.23. The Bertz CT molecular complexity index is 866. The van der Waals surface area contributed by atoms with Gasteiger partial charge in [0.05, 0.1) is 24.2 Å². The topological polar surface area (TPSA) is 81.4 Å². The van der Waals surface area contributed by atoms with Gasteiger partial charge in [-0.3, -0.25) is 0 Å². The molecule has 0 saturated carbocycles. The van der Waals surface area contributed by atoms with Gasteiger partial charge in [0, 0.05) is 17.4 Å². The summed E-state index contributed by atoms with van der Waals surface area (Å²) in [6.07, 6.45) is 3.15. The van der Waals surface area contributed by atoms with Crippen LogP contribution in [0, 0.1) is 18.3 Å². The fourth-order valence-electron chi connectivity index (χ4n) is 2.66. The maximum atomic E-state index is 11.9. The van der Waals surface area contributed by atoms with Crippen LogP contribution in [-0.2, 0) is 0 Å². The lowest BCUT2D eigenvalue weighted by atomic mass is 9.90. The van der Waals surface area contributed by atoms with Gasteiger partial charge in [-0.2, -0.15) is 15.4 Å². The summed E-state index contributed by atoms with van der Waals surface area (Å²) in [6.45, 7) is 2.23. The summed E-state index contributed by atoms with van der Waals surface area (Å²) in [4.78, 5) is 16.0. The van der Waals surface area contributed by atoms with Gasteiger partial charge in [-0.1, -0.05) is 29.3 Å². The van der Waals surface area contributed by atoms with Crippen LogP contribution in [0.25, 0.3) is 0 Å². The lowest BCUT2D eigenvalue weighted by Crippen LogP contribution is -2.41. The van der Waals surface area contributed by atoms with Crippen molar-refractivity contribution in [1.29, 1.82) is 5.26 Å². The maximum Gasteiger partial charge on any atom is 0.342 e. The number of aryl methyl sites for hydroxylation is 1. The molecule has 0 bridgehead atoms. The number of urea groups is 1. The van der Waals surface area contributed by atoms with Gasteiger partial charge < -0.3 is 5.32 Å². The van der Waals surface area contributed by atoms with Crippen LogP contribution in [0.15, 0.2) is 35.6 Å². The zero-order valence-electron chi connectivity index (χ0n) is 13.2. The SMILES string of the molecule is Cc1cc(N2N=CCNC2=O)cc(Cl)c1C(C#N)c1ccc(Cl)nc1. The standard InChI is InChI=1S/C17H13Cl2N5O/c1-10-6-12(24-17(25)21-4-5-23-24)7-14(18)16(10)13(8-20)11-2-3-15(19)22-9-11/h2-3,5-7,9,13H,4H2,1H3,(H,21,25). The van der Waals surface area contributed by atoms with Crippen molar-refractivity contribution in [3.05, 3.63) is 57.3 Å². The van der Waals surface area contributed by atoms with Crippen LogP contribution in [0.2, 0.25) is 10.2 Å². The number of pyridine rings is 1. The maximum absolute atomic E-state index is 11.9. The highest BCUT2D eigenvalue weighted by molar-refractivity contribution is 6.32. The number of hydrogen-bond acceptors (Lipinski definition) is 4. The Labute approximate surface area is 154 Å². The molecule has 1 N–H and O–H groups in total. The molecule has 3 rings (SSSR count). The van der Waals surface area contributed by atoms with Gasteiger partial charge in [-0.25, -0.2) is 9.78 Å². The Morgan fingerprint density at radius 2 is 2.16 bits per heavy atom. The summed E-state index contributed by atoms with van der Waals surface area (Å²) >= 11 is 12.3. The third-order valence-corrected chi connectivity index (χ3v) is 4.34. The van der Waals surface area contributed by atoms with Gasteiger partial charge >= 0.3 is 6.03 Å². The van der Waals surface area contributed by atoms with Crippen molar-refractivity contribution < 1.29 is 4.79 Å². The van der Waals surface area contributed by atoms with Crippen LogP contribution in [0.3, 0.4) is 0 Å². The van der Waals surface area contributed by atoms with E-state index in [4.69, 9.17) is 23.2 Å². The molecule has 1 atom stereocenters. The predicted molar refractivity (Wildman–Crippen MR) is 97.3 cm³/mol. The van der Waals surface area contributed by atoms with E-state index in [1.54, 1.807) is 36.7 Å². The van der Waals surface area contributed by atoms with Crippen molar-refractivity contribution in [2.75, 3.05) is 11.6 Å². The predicted octanol–water partition coefficient (Wildman–Crippen LogP) is 3.87. The number of nitrogens with zero attached hydrogens (tertiary/aromatic N) is 4. The number of halogens is 2. The Morgan fingerprint density at radius 1 is 1.36 bits per heavy atom. The number of carbonyl (C=O) groups is 1. The molecule has 8 heteroatoms. The van der Waals surface area contributed by atoms with Crippen molar-refractivity contribution in [2.45, 2.75) is 12.8 Å². The van der Waals surface area contributed by atoms with Gasteiger partial charge in [0.2, 0.25) is 0 Å². The van der Waals surface area contributed by atoms with E-state index >= 15 is 0 Å². The zero-order valence-corrected chi connectivity index (χ0v) is 14.7. The van der Waals surface area contributed by atoms with E-state index in [0.717, 1.165) is 5.56 Å². The first kappa shape index (κ1) is 17.2. The first-order chi connectivity index (χ1) is 12.0. The number of nitrogens with one attached hydrogen (secondary N) is 1. The minimum atomic E-state index is -0.593. The number of aromatic nitrogens is 1. The van der Waals surface area contributed by atoms with Crippen LogP contribution in [0.1, 0.15) is 22.6 Å². The second-order valence-corrected chi connectivity index (χ2v) is 6.22. The van der Waals surface area contributed by atoms with E-state index in [9.17, 15) is 10.1 Å². The van der Waals surface area contributed by atoms with Crippen LogP contribution >= 0.6 is 23.2 Å².